The Bertz CT molecular complexity index is 341. The fourth-order valence-electron chi connectivity index (χ4n) is 1.83. The van der Waals surface area contributed by atoms with Crippen LogP contribution in [0.15, 0.2) is 18.2 Å². The van der Waals surface area contributed by atoms with Crippen LogP contribution in [0.1, 0.15) is 46.0 Å². The van der Waals surface area contributed by atoms with Gasteiger partial charge in [-0.2, -0.15) is 0 Å². The van der Waals surface area contributed by atoms with E-state index in [0.29, 0.717) is 9.61 Å². The zero-order chi connectivity index (χ0) is 12.7. The van der Waals surface area contributed by atoms with E-state index in [1.807, 2.05) is 6.07 Å². The van der Waals surface area contributed by atoms with Crippen molar-refractivity contribution in [2.45, 2.75) is 52.0 Å². The Balaban J connectivity index is 2.39. The molecule has 0 radical (unpaired) electrons. The summed E-state index contributed by atoms with van der Waals surface area (Å²) in [6.07, 6.45) is 6.26. The van der Waals surface area contributed by atoms with E-state index >= 15 is 0 Å². The summed E-state index contributed by atoms with van der Waals surface area (Å²) in [4.78, 5) is 0. The van der Waals surface area contributed by atoms with Gasteiger partial charge in [-0.25, -0.2) is 4.39 Å². The molecule has 1 unspecified atom stereocenters. The lowest BCUT2D eigenvalue weighted by molar-refractivity contribution is 0.592. The zero-order valence-corrected chi connectivity index (χ0v) is 12.8. The van der Waals surface area contributed by atoms with Gasteiger partial charge in [-0.3, -0.25) is 0 Å². The molecule has 1 nitrogen and oxygen atoms in total. The smallest absolute Gasteiger partial charge is 0.138 e. The van der Waals surface area contributed by atoms with E-state index in [9.17, 15) is 4.39 Å². The van der Waals surface area contributed by atoms with Crippen LogP contribution in [0.4, 0.5) is 10.1 Å². The molecule has 0 aliphatic rings. The normalized spacial score (nSPS) is 12.5. The molecule has 0 saturated heterocycles. The summed E-state index contributed by atoms with van der Waals surface area (Å²) in [6, 6.07) is 5.60. The Hall–Kier alpha value is -0.320. The molecule has 0 fully saturated rings. The van der Waals surface area contributed by atoms with Gasteiger partial charge in [-0.1, -0.05) is 38.7 Å². The molecule has 1 N–H and O–H groups in total. The van der Waals surface area contributed by atoms with Gasteiger partial charge >= 0.3 is 0 Å². The minimum absolute atomic E-state index is 0.145. The van der Waals surface area contributed by atoms with Crippen LogP contribution >= 0.6 is 22.6 Å². The molecule has 0 amide bonds. The van der Waals surface area contributed by atoms with Gasteiger partial charge < -0.3 is 5.32 Å². The standard InChI is InChI=1S/C14H21FIN/c1-3-4-5-6-8-11(2)17-13-10-7-9-12(15)14(13)16/h7,9-11,17H,3-6,8H2,1-2H3. The zero-order valence-electron chi connectivity index (χ0n) is 10.6. The van der Waals surface area contributed by atoms with Gasteiger partial charge in [-0.05, 0) is 48.1 Å². The highest BCUT2D eigenvalue weighted by atomic mass is 127. The largest absolute Gasteiger partial charge is 0.382 e. The number of hydrogen-bond donors (Lipinski definition) is 1. The van der Waals surface area contributed by atoms with Crippen molar-refractivity contribution in [1.82, 2.24) is 0 Å². The van der Waals surface area contributed by atoms with Gasteiger partial charge in [0.05, 0.1) is 9.26 Å². The molecule has 0 heterocycles. The molecule has 1 rings (SSSR count). The third-order valence-electron chi connectivity index (χ3n) is 2.84. The number of hydrogen-bond acceptors (Lipinski definition) is 1. The number of benzene rings is 1. The highest BCUT2D eigenvalue weighted by Crippen LogP contribution is 2.22. The molecule has 0 aromatic heterocycles. The first kappa shape index (κ1) is 14.7. The van der Waals surface area contributed by atoms with Crippen LogP contribution in [-0.4, -0.2) is 6.04 Å². The van der Waals surface area contributed by atoms with Crippen molar-refractivity contribution in [2.24, 2.45) is 0 Å². The molecule has 17 heavy (non-hydrogen) atoms. The van der Waals surface area contributed by atoms with Crippen LogP contribution in [0.25, 0.3) is 0 Å². The Morgan fingerprint density at radius 1 is 1.29 bits per heavy atom. The van der Waals surface area contributed by atoms with Crippen LogP contribution < -0.4 is 5.32 Å². The molecule has 0 saturated carbocycles. The number of nitrogens with one attached hydrogen (secondary N) is 1. The molecular formula is C14H21FIN. The summed E-state index contributed by atoms with van der Waals surface area (Å²) in [5.41, 5.74) is 0.911. The van der Waals surface area contributed by atoms with Gasteiger partial charge in [0.2, 0.25) is 0 Å². The molecule has 96 valence electrons. The highest BCUT2D eigenvalue weighted by Gasteiger charge is 2.07. The second-order valence-corrected chi connectivity index (χ2v) is 5.57. The monoisotopic (exact) mass is 349 g/mol. The van der Waals surface area contributed by atoms with Crippen molar-refractivity contribution in [3.8, 4) is 0 Å². The van der Waals surface area contributed by atoms with E-state index in [2.05, 4.69) is 41.8 Å². The molecule has 1 aromatic rings. The van der Waals surface area contributed by atoms with Gasteiger partial charge in [0.25, 0.3) is 0 Å². The lowest BCUT2D eigenvalue weighted by atomic mass is 10.1. The average molecular weight is 349 g/mol. The number of halogens is 2. The second kappa shape index (κ2) is 7.90. The molecule has 0 aliphatic carbocycles. The predicted molar refractivity (Wildman–Crippen MR) is 81.0 cm³/mol. The SMILES string of the molecule is CCCCCCC(C)Nc1cccc(F)c1I. The quantitative estimate of drug-likeness (QED) is 0.527. The topological polar surface area (TPSA) is 12.0 Å². The van der Waals surface area contributed by atoms with Gasteiger partial charge in [0, 0.05) is 6.04 Å². The summed E-state index contributed by atoms with van der Waals surface area (Å²) in [5.74, 6) is -0.145. The lowest BCUT2D eigenvalue weighted by Gasteiger charge is -2.16. The second-order valence-electron chi connectivity index (χ2n) is 4.50. The van der Waals surface area contributed by atoms with E-state index in [1.165, 1.54) is 31.7 Å². The maximum Gasteiger partial charge on any atom is 0.138 e. The van der Waals surface area contributed by atoms with Crippen molar-refractivity contribution < 1.29 is 4.39 Å². The Kier molecular flexibility index (Phi) is 6.85. The predicted octanol–water partition coefficient (Wildman–Crippen LogP) is 5.20. The molecule has 3 heteroatoms. The van der Waals surface area contributed by atoms with Gasteiger partial charge in [-0.15, -0.1) is 0 Å². The van der Waals surface area contributed by atoms with E-state index in [1.54, 1.807) is 6.07 Å². The summed E-state index contributed by atoms with van der Waals surface area (Å²) in [6.45, 7) is 4.38. The summed E-state index contributed by atoms with van der Waals surface area (Å²) < 4.78 is 14.0. The van der Waals surface area contributed by atoms with Crippen LogP contribution in [-0.2, 0) is 0 Å². The van der Waals surface area contributed by atoms with Crippen molar-refractivity contribution >= 4 is 28.3 Å². The average Bonchev–Trinajstić information content (AvgIpc) is 2.31. The first-order chi connectivity index (χ1) is 8.15. The van der Waals surface area contributed by atoms with Crippen LogP contribution in [0.3, 0.4) is 0 Å². The number of rotatable bonds is 7. The Morgan fingerprint density at radius 3 is 2.76 bits per heavy atom. The fraction of sp³-hybridized carbons (Fsp3) is 0.571. The summed E-state index contributed by atoms with van der Waals surface area (Å²) in [7, 11) is 0. The first-order valence-electron chi connectivity index (χ1n) is 6.35. The Morgan fingerprint density at radius 2 is 2.06 bits per heavy atom. The number of anilines is 1. The molecular weight excluding hydrogens is 328 g/mol. The molecule has 0 aliphatic heterocycles. The molecule has 1 aromatic carbocycles. The van der Waals surface area contributed by atoms with Crippen LogP contribution in [0, 0.1) is 9.39 Å². The van der Waals surface area contributed by atoms with E-state index in [4.69, 9.17) is 0 Å². The van der Waals surface area contributed by atoms with Crippen molar-refractivity contribution in [3.05, 3.63) is 27.6 Å². The third kappa shape index (κ3) is 5.23. The van der Waals surface area contributed by atoms with E-state index in [-0.39, 0.29) is 5.82 Å². The van der Waals surface area contributed by atoms with Crippen molar-refractivity contribution in [1.29, 1.82) is 0 Å². The minimum atomic E-state index is -0.145. The van der Waals surface area contributed by atoms with Crippen LogP contribution in [0.5, 0.6) is 0 Å². The van der Waals surface area contributed by atoms with E-state index < -0.39 is 0 Å². The van der Waals surface area contributed by atoms with Crippen LogP contribution in [0.2, 0.25) is 0 Å². The highest BCUT2D eigenvalue weighted by molar-refractivity contribution is 14.1. The van der Waals surface area contributed by atoms with Crippen molar-refractivity contribution in [3.63, 3.8) is 0 Å². The first-order valence-corrected chi connectivity index (χ1v) is 7.43. The fourth-order valence-corrected chi connectivity index (χ4v) is 2.35. The third-order valence-corrected chi connectivity index (χ3v) is 3.94. The lowest BCUT2D eigenvalue weighted by Crippen LogP contribution is -2.16. The minimum Gasteiger partial charge on any atom is -0.382 e. The maximum atomic E-state index is 13.3. The maximum absolute atomic E-state index is 13.3. The molecule has 0 bridgehead atoms. The van der Waals surface area contributed by atoms with Crippen molar-refractivity contribution in [2.75, 3.05) is 5.32 Å². The molecule has 0 spiro atoms. The van der Waals surface area contributed by atoms with E-state index in [0.717, 1.165) is 12.1 Å². The summed E-state index contributed by atoms with van der Waals surface area (Å²) in [5, 5.41) is 3.38. The molecule has 1 atom stereocenters. The Labute approximate surface area is 117 Å². The van der Waals surface area contributed by atoms with Gasteiger partial charge in [0.1, 0.15) is 5.82 Å². The van der Waals surface area contributed by atoms with Gasteiger partial charge in [0.15, 0.2) is 0 Å². The summed E-state index contributed by atoms with van der Waals surface area (Å²) >= 11 is 2.05. The number of unbranched alkanes of at least 4 members (excludes halogenated alkanes) is 3.